The Morgan fingerprint density at radius 2 is 2.05 bits per heavy atom. The van der Waals surface area contributed by atoms with E-state index in [0.717, 1.165) is 18.2 Å². The van der Waals surface area contributed by atoms with Crippen LogP contribution in [0, 0.1) is 11.6 Å². The average molecular weight is 293 g/mol. The number of sulfone groups is 1. The summed E-state index contributed by atoms with van der Waals surface area (Å²) < 4.78 is 48.6. The second-order valence-corrected chi connectivity index (χ2v) is 6.59. The molecule has 4 nitrogen and oxygen atoms in total. The summed E-state index contributed by atoms with van der Waals surface area (Å²) in [6.07, 6.45) is -1.22. The smallest absolute Gasteiger partial charge is 0.151 e. The molecule has 7 heteroatoms. The van der Waals surface area contributed by atoms with E-state index in [0.29, 0.717) is 0 Å². The van der Waals surface area contributed by atoms with Crippen molar-refractivity contribution in [2.45, 2.75) is 13.0 Å². The molecular weight excluding hydrogens is 276 g/mol. The number of aliphatic hydroxyl groups excluding tert-OH is 1. The zero-order chi connectivity index (χ0) is 14.5. The molecule has 1 unspecified atom stereocenters. The van der Waals surface area contributed by atoms with E-state index in [1.54, 1.807) is 6.92 Å². The first-order valence-electron chi connectivity index (χ1n) is 5.90. The summed E-state index contributed by atoms with van der Waals surface area (Å²) in [7, 11) is -3.08. The first kappa shape index (κ1) is 16.0. The van der Waals surface area contributed by atoms with Gasteiger partial charge in [-0.05, 0) is 18.2 Å². The van der Waals surface area contributed by atoms with Gasteiger partial charge in [-0.1, -0.05) is 6.92 Å². The maximum atomic E-state index is 13.3. The zero-order valence-electron chi connectivity index (χ0n) is 10.6. The molecule has 0 aliphatic rings. The number of halogens is 2. The normalized spacial score (nSPS) is 13.5. The van der Waals surface area contributed by atoms with Crippen LogP contribution < -0.4 is 5.32 Å². The van der Waals surface area contributed by atoms with Crippen LogP contribution in [0.2, 0.25) is 0 Å². The first-order valence-corrected chi connectivity index (χ1v) is 7.72. The van der Waals surface area contributed by atoms with E-state index in [9.17, 15) is 22.3 Å². The van der Waals surface area contributed by atoms with Crippen molar-refractivity contribution >= 4 is 9.84 Å². The van der Waals surface area contributed by atoms with E-state index in [4.69, 9.17) is 0 Å². The molecule has 1 atom stereocenters. The molecule has 108 valence electrons. The van der Waals surface area contributed by atoms with Crippen molar-refractivity contribution in [2.24, 2.45) is 0 Å². The molecule has 0 aliphatic heterocycles. The maximum absolute atomic E-state index is 13.3. The van der Waals surface area contributed by atoms with Gasteiger partial charge < -0.3 is 10.4 Å². The van der Waals surface area contributed by atoms with Crippen LogP contribution in [0.1, 0.15) is 18.6 Å². The quantitative estimate of drug-likeness (QED) is 0.737. The Labute approximate surface area is 111 Å². The highest BCUT2D eigenvalue weighted by molar-refractivity contribution is 7.91. The summed E-state index contributed by atoms with van der Waals surface area (Å²) in [5, 5.41) is 12.4. The highest BCUT2D eigenvalue weighted by Crippen LogP contribution is 2.17. The van der Waals surface area contributed by atoms with Crippen LogP contribution in [0.5, 0.6) is 0 Å². The third kappa shape index (κ3) is 5.22. The predicted octanol–water partition coefficient (Wildman–Crippen LogP) is 1.02. The number of hydrogen-bond donors (Lipinski definition) is 2. The van der Waals surface area contributed by atoms with Crippen molar-refractivity contribution < 1.29 is 22.3 Å². The van der Waals surface area contributed by atoms with Gasteiger partial charge in [-0.3, -0.25) is 0 Å². The molecule has 1 rings (SSSR count). The largest absolute Gasteiger partial charge is 0.387 e. The molecule has 0 aromatic heterocycles. The van der Waals surface area contributed by atoms with Crippen molar-refractivity contribution in [3.05, 3.63) is 35.4 Å². The van der Waals surface area contributed by atoms with Crippen LogP contribution in [-0.4, -0.2) is 38.1 Å². The van der Waals surface area contributed by atoms with Crippen LogP contribution in [-0.2, 0) is 9.84 Å². The van der Waals surface area contributed by atoms with E-state index < -0.39 is 27.6 Å². The fraction of sp³-hybridized carbons (Fsp3) is 0.500. The molecule has 0 heterocycles. The van der Waals surface area contributed by atoms with Crippen molar-refractivity contribution in [1.82, 2.24) is 5.32 Å². The molecule has 1 aromatic rings. The molecule has 1 aromatic carbocycles. The zero-order valence-corrected chi connectivity index (χ0v) is 11.4. The maximum Gasteiger partial charge on any atom is 0.151 e. The van der Waals surface area contributed by atoms with Gasteiger partial charge in [-0.15, -0.1) is 0 Å². The first-order chi connectivity index (χ1) is 8.85. The molecule has 2 N–H and O–H groups in total. The van der Waals surface area contributed by atoms with E-state index in [1.165, 1.54) is 0 Å². The van der Waals surface area contributed by atoms with Crippen molar-refractivity contribution in [3.63, 3.8) is 0 Å². The Balaban J connectivity index is 2.48. The Hall–Kier alpha value is -1.05. The molecule has 0 aliphatic carbocycles. The van der Waals surface area contributed by atoms with Crippen LogP contribution >= 0.6 is 0 Å². The van der Waals surface area contributed by atoms with E-state index >= 15 is 0 Å². The lowest BCUT2D eigenvalue weighted by Gasteiger charge is -2.13. The summed E-state index contributed by atoms with van der Waals surface area (Å²) in [5.74, 6) is -1.33. The topological polar surface area (TPSA) is 66.4 Å². The summed E-state index contributed by atoms with van der Waals surface area (Å²) in [6, 6.07) is 2.83. The van der Waals surface area contributed by atoms with Gasteiger partial charge in [0.1, 0.15) is 11.6 Å². The molecule has 0 spiro atoms. The lowest BCUT2D eigenvalue weighted by atomic mass is 10.1. The fourth-order valence-electron chi connectivity index (χ4n) is 1.49. The Morgan fingerprint density at radius 3 is 2.68 bits per heavy atom. The molecule has 0 amide bonds. The Kier molecular flexibility index (Phi) is 5.84. The number of hydrogen-bond acceptors (Lipinski definition) is 4. The lowest BCUT2D eigenvalue weighted by Crippen LogP contribution is -2.28. The highest BCUT2D eigenvalue weighted by Gasteiger charge is 2.14. The lowest BCUT2D eigenvalue weighted by molar-refractivity contribution is 0.170. The number of rotatable bonds is 7. The van der Waals surface area contributed by atoms with Gasteiger partial charge in [0.25, 0.3) is 0 Å². The van der Waals surface area contributed by atoms with Crippen LogP contribution in [0.25, 0.3) is 0 Å². The minimum Gasteiger partial charge on any atom is -0.387 e. The minimum absolute atomic E-state index is 0.0421. The SMILES string of the molecule is CCS(=O)(=O)CCNCC(O)c1cc(F)ccc1F. The van der Waals surface area contributed by atoms with E-state index in [-0.39, 0.29) is 30.2 Å². The molecule has 0 radical (unpaired) electrons. The third-order valence-corrected chi connectivity index (χ3v) is 4.39. The highest BCUT2D eigenvalue weighted by atomic mass is 32.2. The van der Waals surface area contributed by atoms with Crippen LogP contribution in [0.3, 0.4) is 0 Å². The van der Waals surface area contributed by atoms with Gasteiger partial charge in [0.15, 0.2) is 9.84 Å². The monoisotopic (exact) mass is 293 g/mol. The molecule has 0 saturated carbocycles. The minimum atomic E-state index is -3.08. The average Bonchev–Trinajstić information content (AvgIpc) is 2.37. The van der Waals surface area contributed by atoms with Crippen molar-refractivity contribution in [3.8, 4) is 0 Å². The number of benzene rings is 1. The fourth-order valence-corrected chi connectivity index (χ4v) is 2.23. The summed E-state index contributed by atoms with van der Waals surface area (Å²) in [6.45, 7) is 1.66. The van der Waals surface area contributed by atoms with Gasteiger partial charge >= 0.3 is 0 Å². The third-order valence-electron chi connectivity index (χ3n) is 2.68. The van der Waals surface area contributed by atoms with Crippen LogP contribution in [0.15, 0.2) is 18.2 Å². The van der Waals surface area contributed by atoms with Gasteiger partial charge in [0.05, 0.1) is 11.9 Å². The summed E-state index contributed by atoms with van der Waals surface area (Å²) >= 11 is 0. The Bertz CT molecular complexity index is 520. The van der Waals surface area contributed by atoms with Gasteiger partial charge in [0, 0.05) is 24.4 Å². The molecule has 19 heavy (non-hydrogen) atoms. The molecular formula is C12H17F2NO3S. The summed E-state index contributed by atoms with van der Waals surface area (Å²) in [4.78, 5) is 0. The standard InChI is InChI=1S/C12H17F2NO3S/c1-2-19(17,18)6-5-15-8-12(16)10-7-9(13)3-4-11(10)14/h3-4,7,12,15-16H,2,5-6,8H2,1H3. The Morgan fingerprint density at radius 1 is 1.37 bits per heavy atom. The van der Waals surface area contributed by atoms with Gasteiger partial charge in [-0.2, -0.15) is 0 Å². The molecule has 0 saturated heterocycles. The van der Waals surface area contributed by atoms with E-state index in [1.807, 2.05) is 0 Å². The van der Waals surface area contributed by atoms with Crippen molar-refractivity contribution in [1.29, 1.82) is 0 Å². The number of nitrogens with one attached hydrogen (secondary N) is 1. The summed E-state index contributed by atoms with van der Waals surface area (Å²) in [5.41, 5.74) is -0.147. The molecule has 0 bridgehead atoms. The van der Waals surface area contributed by atoms with Crippen molar-refractivity contribution in [2.75, 3.05) is 24.6 Å². The van der Waals surface area contributed by atoms with Crippen LogP contribution in [0.4, 0.5) is 8.78 Å². The predicted molar refractivity (Wildman–Crippen MR) is 68.5 cm³/mol. The number of aliphatic hydroxyl groups is 1. The van der Waals surface area contributed by atoms with Gasteiger partial charge in [0.2, 0.25) is 0 Å². The molecule has 0 fully saturated rings. The van der Waals surface area contributed by atoms with E-state index in [2.05, 4.69) is 5.32 Å². The second kappa shape index (κ2) is 6.93. The second-order valence-electron chi connectivity index (χ2n) is 4.12. The van der Waals surface area contributed by atoms with Gasteiger partial charge in [-0.25, -0.2) is 17.2 Å².